The first-order valence-corrected chi connectivity index (χ1v) is 12.5. The van der Waals surface area contributed by atoms with Crippen LogP contribution >= 0.6 is 12.4 Å². The number of aryl methyl sites for hydroxylation is 2. The van der Waals surface area contributed by atoms with Gasteiger partial charge in [-0.2, -0.15) is 0 Å². The molecule has 0 spiro atoms. The zero-order chi connectivity index (χ0) is 24.2. The number of aliphatic imine (C=N–C) groups is 1. The fourth-order valence-electron chi connectivity index (χ4n) is 4.99. The molecule has 5 rings (SSSR count). The molecule has 2 N–H and O–H groups in total. The van der Waals surface area contributed by atoms with Crippen molar-refractivity contribution in [3.63, 3.8) is 0 Å². The van der Waals surface area contributed by atoms with Crippen molar-refractivity contribution < 1.29 is 9.59 Å². The van der Waals surface area contributed by atoms with Gasteiger partial charge in [-0.3, -0.25) is 19.5 Å². The molecule has 5 nitrogen and oxygen atoms in total. The predicted octanol–water partition coefficient (Wildman–Crippen LogP) is 5.73. The minimum Gasteiger partial charge on any atom is -0.383 e. The van der Waals surface area contributed by atoms with Gasteiger partial charge in [0.05, 0.1) is 23.7 Å². The summed E-state index contributed by atoms with van der Waals surface area (Å²) in [5.41, 5.74) is 11.7. The monoisotopic (exact) mass is 501 g/mol. The second-order valence-corrected chi connectivity index (χ2v) is 9.56. The second-order valence-electron chi connectivity index (χ2n) is 9.56. The summed E-state index contributed by atoms with van der Waals surface area (Å²) < 4.78 is 0. The molecule has 1 heterocycles. The van der Waals surface area contributed by atoms with E-state index >= 15 is 0 Å². The van der Waals surface area contributed by atoms with E-state index in [9.17, 15) is 9.59 Å². The first kappa shape index (κ1) is 25.6. The molecule has 186 valence electrons. The number of carbonyl (C=O) groups is 2. The number of imide groups is 1. The summed E-state index contributed by atoms with van der Waals surface area (Å²) in [6.07, 6.45) is 7.96. The van der Waals surface area contributed by atoms with Crippen molar-refractivity contribution >= 4 is 30.1 Å². The van der Waals surface area contributed by atoms with Crippen molar-refractivity contribution in [1.29, 1.82) is 0 Å². The maximum Gasteiger partial charge on any atom is 0.261 e. The van der Waals surface area contributed by atoms with Crippen molar-refractivity contribution in [2.75, 3.05) is 0 Å². The van der Waals surface area contributed by atoms with E-state index in [0.29, 0.717) is 23.0 Å². The Morgan fingerprint density at radius 3 is 1.81 bits per heavy atom. The molecule has 36 heavy (non-hydrogen) atoms. The quantitative estimate of drug-likeness (QED) is 0.255. The number of benzene rings is 3. The number of halogens is 1. The average molecular weight is 502 g/mol. The summed E-state index contributed by atoms with van der Waals surface area (Å²) in [5, 5.41) is 0. The third-order valence-corrected chi connectivity index (χ3v) is 7.09. The van der Waals surface area contributed by atoms with Crippen LogP contribution in [0.15, 0.2) is 77.8 Å². The lowest BCUT2D eigenvalue weighted by Gasteiger charge is -2.18. The zero-order valence-corrected chi connectivity index (χ0v) is 21.2. The fraction of sp³-hybridized carbons (Fsp3) is 0.300. The third kappa shape index (κ3) is 5.68. The Labute approximate surface area is 218 Å². The van der Waals surface area contributed by atoms with Crippen LogP contribution in [0.5, 0.6) is 0 Å². The average Bonchev–Trinajstić information content (AvgIpc) is 3.14. The van der Waals surface area contributed by atoms with Crippen molar-refractivity contribution in [1.82, 2.24) is 4.90 Å². The van der Waals surface area contributed by atoms with Crippen LogP contribution in [0.25, 0.3) is 0 Å². The first-order valence-electron chi connectivity index (χ1n) is 12.5. The molecule has 0 bridgehead atoms. The van der Waals surface area contributed by atoms with Crippen LogP contribution in [-0.2, 0) is 19.4 Å². The molecule has 0 radical (unpaired) electrons. The Kier molecular flexibility index (Phi) is 8.21. The lowest BCUT2D eigenvalue weighted by molar-refractivity contribution is 0.0642. The number of amidine groups is 1. The van der Waals surface area contributed by atoms with E-state index in [0.717, 1.165) is 36.8 Å². The third-order valence-electron chi connectivity index (χ3n) is 7.09. The molecule has 1 fully saturated rings. The van der Waals surface area contributed by atoms with Crippen molar-refractivity contribution in [2.24, 2.45) is 10.7 Å². The van der Waals surface area contributed by atoms with Crippen LogP contribution in [-0.4, -0.2) is 28.6 Å². The number of rotatable bonds is 7. The van der Waals surface area contributed by atoms with Gasteiger partial charge in [0, 0.05) is 5.56 Å². The number of fused-ring (bicyclic) bond motifs is 1. The molecule has 1 saturated carbocycles. The molecule has 0 saturated heterocycles. The topological polar surface area (TPSA) is 75.8 Å². The number of hydrogen-bond acceptors (Lipinski definition) is 3. The highest BCUT2D eigenvalue weighted by molar-refractivity contribution is 6.21. The Hall–Kier alpha value is -3.44. The molecule has 3 aromatic rings. The fourth-order valence-corrected chi connectivity index (χ4v) is 4.99. The van der Waals surface area contributed by atoms with Crippen LogP contribution in [0.2, 0.25) is 0 Å². The SMILES string of the molecule is Cl.NC(=NC1CCCCC1)c1ccc(CCc2ccc(CN3C(=O)c4ccccc4C3=O)cc2)cc1. The molecule has 1 aliphatic carbocycles. The minimum atomic E-state index is -0.220. The Morgan fingerprint density at radius 2 is 1.25 bits per heavy atom. The van der Waals surface area contributed by atoms with Gasteiger partial charge < -0.3 is 5.73 Å². The normalized spacial score (nSPS) is 16.1. The van der Waals surface area contributed by atoms with Gasteiger partial charge in [-0.1, -0.05) is 79.9 Å². The molecule has 2 aliphatic rings. The summed E-state index contributed by atoms with van der Waals surface area (Å²) in [4.78, 5) is 31.3. The highest BCUT2D eigenvalue weighted by atomic mass is 35.5. The standard InChI is InChI=1S/C30H31N3O2.ClH/c31-28(32-25-6-2-1-3-7-25)24-18-16-22(17-19-24)11-10-21-12-14-23(15-13-21)20-33-29(34)26-8-4-5-9-27(26)30(33)35;/h4-5,8-9,12-19,25H,1-3,6-7,10-11,20H2,(H2,31,32);1H. The lowest BCUT2D eigenvalue weighted by atomic mass is 9.96. The van der Waals surface area contributed by atoms with E-state index in [2.05, 4.69) is 36.4 Å². The molecule has 2 amide bonds. The molecule has 0 unspecified atom stereocenters. The maximum atomic E-state index is 12.6. The molecular weight excluding hydrogens is 470 g/mol. The van der Waals surface area contributed by atoms with Gasteiger partial charge in [0.1, 0.15) is 5.84 Å². The van der Waals surface area contributed by atoms with Crippen LogP contribution in [0.4, 0.5) is 0 Å². The van der Waals surface area contributed by atoms with Crippen LogP contribution < -0.4 is 5.73 Å². The van der Waals surface area contributed by atoms with Gasteiger partial charge >= 0.3 is 0 Å². The van der Waals surface area contributed by atoms with E-state index in [-0.39, 0.29) is 30.8 Å². The Bertz CT molecular complexity index is 1210. The van der Waals surface area contributed by atoms with E-state index < -0.39 is 0 Å². The maximum absolute atomic E-state index is 12.6. The lowest BCUT2D eigenvalue weighted by Crippen LogP contribution is -2.29. The summed E-state index contributed by atoms with van der Waals surface area (Å²) in [6.45, 7) is 0.290. The van der Waals surface area contributed by atoms with Crippen LogP contribution in [0.1, 0.15) is 75.1 Å². The van der Waals surface area contributed by atoms with E-state index in [4.69, 9.17) is 10.7 Å². The van der Waals surface area contributed by atoms with Crippen molar-refractivity contribution in [3.8, 4) is 0 Å². The van der Waals surface area contributed by atoms with Gasteiger partial charge in [-0.15, -0.1) is 12.4 Å². The largest absolute Gasteiger partial charge is 0.383 e. The number of amides is 2. The van der Waals surface area contributed by atoms with Gasteiger partial charge in [0.25, 0.3) is 11.8 Å². The molecule has 0 aromatic heterocycles. The highest BCUT2D eigenvalue weighted by Gasteiger charge is 2.34. The first-order chi connectivity index (χ1) is 17.1. The second kappa shape index (κ2) is 11.5. The number of nitrogens with two attached hydrogens (primary N) is 1. The van der Waals surface area contributed by atoms with Crippen molar-refractivity contribution in [2.45, 2.75) is 57.5 Å². The van der Waals surface area contributed by atoms with E-state index in [1.54, 1.807) is 24.3 Å². The summed E-state index contributed by atoms with van der Waals surface area (Å²) >= 11 is 0. The Morgan fingerprint density at radius 1 is 0.750 bits per heavy atom. The number of carbonyl (C=O) groups excluding carboxylic acids is 2. The predicted molar refractivity (Wildman–Crippen MR) is 146 cm³/mol. The highest BCUT2D eigenvalue weighted by Crippen LogP contribution is 2.24. The Balaban J connectivity index is 0.00000304. The smallest absolute Gasteiger partial charge is 0.261 e. The summed E-state index contributed by atoms with van der Waals surface area (Å²) in [7, 11) is 0. The van der Waals surface area contributed by atoms with E-state index in [1.165, 1.54) is 35.3 Å². The van der Waals surface area contributed by atoms with E-state index in [1.807, 2.05) is 12.1 Å². The van der Waals surface area contributed by atoms with Gasteiger partial charge in [-0.05, 0) is 54.5 Å². The molecule has 0 atom stereocenters. The van der Waals surface area contributed by atoms with Gasteiger partial charge in [0.15, 0.2) is 0 Å². The van der Waals surface area contributed by atoms with Crippen molar-refractivity contribution in [3.05, 3.63) is 106 Å². The van der Waals surface area contributed by atoms with Gasteiger partial charge in [0.2, 0.25) is 0 Å². The van der Waals surface area contributed by atoms with Crippen LogP contribution in [0, 0.1) is 0 Å². The summed E-state index contributed by atoms with van der Waals surface area (Å²) in [5.74, 6) is 0.210. The molecule has 1 aliphatic heterocycles. The zero-order valence-electron chi connectivity index (χ0n) is 20.4. The van der Waals surface area contributed by atoms with Crippen LogP contribution in [0.3, 0.4) is 0 Å². The minimum absolute atomic E-state index is 0. The molecule has 3 aromatic carbocycles. The summed E-state index contributed by atoms with van der Waals surface area (Å²) in [6, 6.07) is 24.0. The molecular formula is C30H32ClN3O2. The number of nitrogens with zero attached hydrogens (tertiary/aromatic N) is 2. The number of hydrogen-bond donors (Lipinski definition) is 1. The van der Waals surface area contributed by atoms with Gasteiger partial charge in [-0.25, -0.2) is 0 Å². The molecule has 6 heteroatoms.